The van der Waals surface area contributed by atoms with Gasteiger partial charge in [0.2, 0.25) is 0 Å². The third kappa shape index (κ3) is 4.36. The molecule has 3 aromatic rings. The minimum absolute atomic E-state index is 0.298. The molecule has 0 fully saturated rings. The number of nitrogens with zero attached hydrogens (tertiary/aromatic N) is 2. The Bertz CT molecular complexity index is 896. The quantitative estimate of drug-likeness (QED) is 0.673. The number of fused-ring (bicyclic) bond motifs is 1. The number of ether oxygens (including phenoxy) is 2. The number of methoxy groups -OCH3 is 1. The number of hydrogen-bond acceptors (Lipinski definition) is 5. The second-order valence-corrected chi connectivity index (χ2v) is 6.17. The molecule has 5 nitrogen and oxygen atoms in total. The summed E-state index contributed by atoms with van der Waals surface area (Å²) in [5.74, 6) is 1.000. The average molecular weight is 369 g/mol. The fraction of sp³-hybridized carbons (Fsp3) is 0.250. The molecular formula is C16H14F3N3O2S. The average Bonchev–Trinajstić information content (AvgIpc) is 2.94. The van der Waals surface area contributed by atoms with Gasteiger partial charge >= 0.3 is 6.36 Å². The topological polar surface area (TPSA) is 60.0 Å². The van der Waals surface area contributed by atoms with Crippen molar-refractivity contribution < 1.29 is 22.6 Å². The van der Waals surface area contributed by atoms with Crippen LogP contribution in [0, 0.1) is 6.92 Å². The zero-order valence-corrected chi connectivity index (χ0v) is 14.2. The van der Waals surface area contributed by atoms with E-state index >= 15 is 0 Å². The van der Waals surface area contributed by atoms with Crippen molar-refractivity contribution in [2.45, 2.75) is 24.2 Å². The van der Waals surface area contributed by atoms with E-state index in [-0.39, 0.29) is 5.75 Å². The largest absolute Gasteiger partial charge is 0.573 e. The molecular weight excluding hydrogens is 355 g/mol. The maximum atomic E-state index is 12.3. The lowest BCUT2D eigenvalue weighted by atomic mass is 10.2. The highest BCUT2D eigenvalue weighted by molar-refractivity contribution is 7.98. The highest BCUT2D eigenvalue weighted by atomic mass is 32.2. The molecule has 132 valence electrons. The summed E-state index contributed by atoms with van der Waals surface area (Å²) >= 11 is 1.40. The van der Waals surface area contributed by atoms with Gasteiger partial charge in [0.1, 0.15) is 11.5 Å². The Balaban J connectivity index is 1.74. The summed E-state index contributed by atoms with van der Waals surface area (Å²) in [6, 6.07) is 5.84. The highest BCUT2D eigenvalue weighted by Gasteiger charge is 2.31. The molecule has 1 N–H and O–H groups in total. The summed E-state index contributed by atoms with van der Waals surface area (Å²) in [6.07, 6.45) is -2.99. The van der Waals surface area contributed by atoms with Crippen LogP contribution in [0.25, 0.3) is 11.0 Å². The van der Waals surface area contributed by atoms with Crippen LogP contribution in [-0.4, -0.2) is 28.4 Å². The number of benzene rings is 1. The van der Waals surface area contributed by atoms with Crippen molar-refractivity contribution in [2.24, 2.45) is 0 Å². The molecule has 0 spiro atoms. The van der Waals surface area contributed by atoms with Crippen molar-refractivity contribution >= 4 is 22.8 Å². The lowest BCUT2D eigenvalue weighted by molar-refractivity contribution is -0.274. The highest BCUT2D eigenvalue weighted by Crippen LogP contribution is 2.28. The molecule has 0 aliphatic carbocycles. The van der Waals surface area contributed by atoms with Gasteiger partial charge in [0, 0.05) is 29.6 Å². The molecule has 0 saturated heterocycles. The summed E-state index contributed by atoms with van der Waals surface area (Å²) in [4.78, 5) is 11.7. The van der Waals surface area contributed by atoms with Crippen molar-refractivity contribution in [2.75, 3.05) is 7.11 Å². The molecule has 9 heteroatoms. The number of nitrogens with one attached hydrogen (secondary N) is 1. The number of imidazole rings is 1. The molecule has 25 heavy (non-hydrogen) atoms. The van der Waals surface area contributed by atoms with Crippen LogP contribution >= 0.6 is 11.8 Å². The van der Waals surface area contributed by atoms with Crippen LogP contribution in [0.1, 0.15) is 11.3 Å². The zero-order valence-electron chi connectivity index (χ0n) is 13.3. The number of rotatable bonds is 5. The van der Waals surface area contributed by atoms with Crippen LogP contribution in [0.15, 0.2) is 35.6 Å². The first-order chi connectivity index (χ1) is 11.8. The van der Waals surface area contributed by atoms with E-state index in [4.69, 9.17) is 4.74 Å². The first kappa shape index (κ1) is 17.4. The van der Waals surface area contributed by atoms with Crippen LogP contribution in [0.2, 0.25) is 0 Å². The standard InChI is InChI=1S/C16H14F3N3O2S/c1-9-7-20-10(5-14(9)23-2)8-25-15-21-12-4-3-11(6-13(12)22-15)24-16(17,18)19/h3-7H,8H2,1-2H3,(H,21,22). The molecule has 2 aromatic heterocycles. The van der Waals surface area contributed by atoms with Gasteiger partial charge in [-0.2, -0.15) is 0 Å². The number of pyridine rings is 1. The van der Waals surface area contributed by atoms with Gasteiger partial charge in [-0.05, 0) is 19.1 Å². The minimum atomic E-state index is -4.72. The van der Waals surface area contributed by atoms with Gasteiger partial charge < -0.3 is 14.5 Å². The van der Waals surface area contributed by atoms with Crippen molar-refractivity contribution in [3.05, 3.63) is 41.7 Å². The molecule has 0 aliphatic heterocycles. The van der Waals surface area contributed by atoms with Gasteiger partial charge in [-0.25, -0.2) is 4.98 Å². The molecule has 0 saturated carbocycles. The minimum Gasteiger partial charge on any atom is -0.496 e. The second kappa shape index (κ2) is 6.83. The van der Waals surface area contributed by atoms with Crippen LogP contribution < -0.4 is 9.47 Å². The summed E-state index contributed by atoms with van der Waals surface area (Å²) in [6.45, 7) is 1.91. The van der Waals surface area contributed by atoms with E-state index in [9.17, 15) is 13.2 Å². The lowest BCUT2D eigenvalue weighted by Gasteiger charge is -2.07. The van der Waals surface area contributed by atoms with E-state index in [1.165, 1.54) is 30.0 Å². The molecule has 0 bridgehead atoms. The third-order valence-corrected chi connectivity index (χ3v) is 4.26. The molecule has 0 amide bonds. The Kier molecular flexibility index (Phi) is 4.76. The predicted octanol–water partition coefficient (Wildman–Crippen LogP) is 4.47. The number of aromatic nitrogens is 3. The van der Waals surface area contributed by atoms with Gasteiger partial charge in [-0.1, -0.05) is 11.8 Å². The molecule has 0 atom stereocenters. The smallest absolute Gasteiger partial charge is 0.496 e. The van der Waals surface area contributed by atoms with E-state index in [0.29, 0.717) is 21.9 Å². The number of halogens is 3. The van der Waals surface area contributed by atoms with E-state index in [1.54, 1.807) is 13.3 Å². The number of aryl methyl sites for hydroxylation is 1. The van der Waals surface area contributed by atoms with Crippen LogP contribution in [0.3, 0.4) is 0 Å². The number of hydrogen-bond donors (Lipinski definition) is 1. The van der Waals surface area contributed by atoms with Gasteiger partial charge in [-0.3, -0.25) is 4.98 Å². The summed E-state index contributed by atoms with van der Waals surface area (Å²) in [5.41, 5.74) is 2.79. The van der Waals surface area contributed by atoms with Gasteiger partial charge in [0.05, 0.1) is 23.8 Å². The first-order valence-corrected chi connectivity index (χ1v) is 8.20. The number of aromatic amines is 1. The molecule has 0 unspecified atom stereocenters. The van der Waals surface area contributed by atoms with Gasteiger partial charge in [0.15, 0.2) is 5.16 Å². The Labute approximate surface area is 145 Å². The SMILES string of the molecule is COc1cc(CSc2nc3cc(OC(F)(F)F)ccc3[nH]2)ncc1C. The number of thioether (sulfide) groups is 1. The Hall–Kier alpha value is -2.42. The number of H-pyrrole nitrogens is 1. The third-order valence-electron chi connectivity index (χ3n) is 3.35. The molecule has 0 radical (unpaired) electrons. The van der Waals surface area contributed by atoms with E-state index in [2.05, 4.69) is 19.7 Å². The van der Waals surface area contributed by atoms with E-state index in [1.807, 2.05) is 13.0 Å². The zero-order chi connectivity index (χ0) is 18.0. The fourth-order valence-corrected chi connectivity index (χ4v) is 3.00. The maximum absolute atomic E-state index is 12.3. The molecule has 1 aromatic carbocycles. The second-order valence-electron chi connectivity index (χ2n) is 5.20. The lowest BCUT2D eigenvalue weighted by Crippen LogP contribution is -2.16. The van der Waals surface area contributed by atoms with Gasteiger partial charge in [0.25, 0.3) is 0 Å². The van der Waals surface area contributed by atoms with Crippen molar-refractivity contribution in [1.82, 2.24) is 15.0 Å². The Morgan fingerprint density at radius 3 is 2.76 bits per heavy atom. The predicted molar refractivity (Wildman–Crippen MR) is 87.9 cm³/mol. The van der Waals surface area contributed by atoms with Crippen molar-refractivity contribution in [1.29, 1.82) is 0 Å². The number of alkyl halides is 3. The van der Waals surface area contributed by atoms with E-state index in [0.717, 1.165) is 17.0 Å². The Morgan fingerprint density at radius 1 is 1.24 bits per heavy atom. The fourth-order valence-electron chi connectivity index (χ4n) is 2.21. The normalized spacial score (nSPS) is 11.7. The maximum Gasteiger partial charge on any atom is 0.573 e. The van der Waals surface area contributed by atoms with Crippen LogP contribution in [0.5, 0.6) is 11.5 Å². The molecule has 0 aliphatic rings. The van der Waals surface area contributed by atoms with Crippen LogP contribution in [0.4, 0.5) is 13.2 Å². The summed E-state index contributed by atoms with van der Waals surface area (Å²) < 4.78 is 46.0. The molecule has 2 heterocycles. The monoisotopic (exact) mass is 369 g/mol. The molecule has 3 rings (SSSR count). The summed E-state index contributed by atoms with van der Waals surface area (Å²) in [7, 11) is 1.60. The van der Waals surface area contributed by atoms with E-state index < -0.39 is 6.36 Å². The van der Waals surface area contributed by atoms with Crippen LogP contribution in [-0.2, 0) is 5.75 Å². The van der Waals surface area contributed by atoms with Crippen molar-refractivity contribution in [3.8, 4) is 11.5 Å². The van der Waals surface area contributed by atoms with Crippen molar-refractivity contribution in [3.63, 3.8) is 0 Å². The Morgan fingerprint density at radius 2 is 2.04 bits per heavy atom. The van der Waals surface area contributed by atoms with Gasteiger partial charge in [-0.15, -0.1) is 13.2 Å². The first-order valence-electron chi connectivity index (χ1n) is 7.22. The summed E-state index contributed by atoms with van der Waals surface area (Å²) in [5, 5.41) is 0.584.